The maximum atomic E-state index is 4.05. The van der Waals surface area contributed by atoms with Gasteiger partial charge < -0.3 is 5.32 Å². The monoisotopic (exact) mass is 120 g/mol. The van der Waals surface area contributed by atoms with Crippen molar-refractivity contribution in [2.45, 2.75) is 13.1 Å². The van der Waals surface area contributed by atoms with Crippen LogP contribution >= 0.6 is 0 Å². The van der Waals surface area contributed by atoms with Crippen LogP contribution in [0.25, 0.3) is 0 Å². The van der Waals surface area contributed by atoms with Gasteiger partial charge in [0.25, 0.3) is 0 Å². The number of nitrogens with one attached hydrogen (secondary N) is 1. The molecule has 0 bridgehead atoms. The molecule has 1 aliphatic rings. The van der Waals surface area contributed by atoms with Crippen LogP contribution in [0.3, 0.4) is 0 Å². The Balaban J connectivity index is 2.54. The SMILES string of the molecule is [c]1ncnc2c1CNC2. The molecule has 0 amide bonds. The van der Waals surface area contributed by atoms with Crippen LogP contribution in [0.15, 0.2) is 6.33 Å². The van der Waals surface area contributed by atoms with Crippen LogP contribution in [-0.4, -0.2) is 9.97 Å². The second-order valence-corrected chi connectivity index (χ2v) is 2.01. The molecule has 0 atom stereocenters. The van der Waals surface area contributed by atoms with E-state index >= 15 is 0 Å². The largest absolute Gasteiger partial charge is 0.307 e. The van der Waals surface area contributed by atoms with E-state index in [-0.39, 0.29) is 0 Å². The Morgan fingerprint density at radius 3 is 3.44 bits per heavy atom. The second-order valence-electron chi connectivity index (χ2n) is 2.01. The Morgan fingerprint density at radius 1 is 1.56 bits per heavy atom. The minimum Gasteiger partial charge on any atom is -0.307 e. The first-order chi connectivity index (χ1) is 4.47. The first-order valence-corrected chi connectivity index (χ1v) is 2.88. The molecule has 0 fully saturated rings. The summed E-state index contributed by atoms with van der Waals surface area (Å²) >= 11 is 0. The molecule has 3 heteroatoms. The van der Waals surface area contributed by atoms with E-state index < -0.39 is 0 Å². The Kier molecular flexibility index (Phi) is 0.960. The van der Waals surface area contributed by atoms with E-state index in [0.717, 1.165) is 24.3 Å². The highest BCUT2D eigenvalue weighted by molar-refractivity contribution is 5.18. The van der Waals surface area contributed by atoms with Crippen LogP contribution in [0.5, 0.6) is 0 Å². The summed E-state index contributed by atoms with van der Waals surface area (Å²) in [5, 5.41) is 3.15. The molecule has 1 N–H and O–H groups in total. The molecule has 0 aromatic carbocycles. The molecule has 1 radical (unpaired) electrons. The number of fused-ring (bicyclic) bond motifs is 1. The average Bonchev–Trinajstić information content (AvgIpc) is 2.33. The molecule has 0 saturated heterocycles. The number of rotatable bonds is 0. The predicted molar refractivity (Wildman–Crippen MR) is 31.4 cm³/mol. The zero-order chi connectivity index (χ0) is 6.10. The molecule has 0 spiro atoms. The molecule has 45 valence electrons. The first kappa shape index (κ1) is 4.88. The zero-order valence-corrected chi connectivity index (χ0v) is 4.89. The average molecular weight is 120 g/mol. The van der Waals surface area contributed by atoms with Gasteiger partial charge in [-0.25, -0.2) is 9.97 Å². The van der Waals surface area contributed by atoms with Crippen molar-refractivity contribution in [3.8, 4) is 0 Å². The Labute approximate surface area is 53.1 Å². The number of hydrogen-bond donors (Lipinski definition) is 1. The summed E-state index contributed by atoms with van der Waals surface area (Å²) in [5.41, 5.74) is 2.20. The van der Waals surface area contributed by atoms with Gasteiger partial charge in [0.1, 0.15) is 6.33 Å². The van der Waals surface area contributed by atoms with Gasteiger partial charge in [-0.3, -0.25) is 0 Å². The molecule has 2 rings (SSSR count). The fraction of sp³-hybridized carbons (Fsp3) is 0.333. The molecule has 0 aliphatic carbocycles. The highest BCUT2D eigenvalue weighted by Crippen LogP contribution is 2.07. The molecule has 1 aliphatic heterocycles. The maximum absolute atomic E-state index is 4.05. The molecule has 1 aromatic rings. The maximum Gasteiger partial charge on any atom is 0.116 e. The molecule has 1 aromatic heterocycles. The fourth-order valence-electron chi connectivity index (χ4n) is 0.948. The third-order valence-corrected chi connectivity index (χ3v) is 1.41. The zero-order valence-electron chi connectivity index (χ0n) is 4.89. The lowest BCUT2D eigenvalue weighted by Crippen LogP contribution is -2.00. The molecule has 3 nitrogen and oxygen atoms in total. The normalized spacial score (nSPS) is 15.6. The molecular formula is C6H6N3. The lowest BCUT2D eigenvalue weighted by molar-refractivity contribution is 0.757. The quantitative estimate of drug-likeness (QED) is 0.518. The Bertz CT molecular complexity index is 198. The van der Waals surface area contributed by atoms with E-state index in [1.54, 1.807) is 0 Å². The summed E-state index contributed by atoms with van der Waals surface area (Å²) < 4.78 is 0. The van der Waals surface area contributed by atoms with Crippen LogP contribution in [0, 0.1) is 6.20 Å². The summed E-state index contributed by atoms with van der Waals surface area (Å²) in [6.07, 6.45) is 4.41. The van der Waals surface area contributed by atoms with E-state index in [1.807, 2.05) is 0 Å². The molecule has 2 heterocycles. The van der Waals surface area contributed by atoms with Crippen LogP contribution < -0.4 is 5.32 Å². The van der Waals surface area contributed by atoms with E-state index in [1.165, 1.54) is 6.33 Å². The topological polar surface area (TPSA) is 37.8 Å². The van der Waals surface area contributed by atoms with Crippen LogP contribution in [0.2, 0.25) is 0 Å². The minimum atomic E-state index is 0.869. The van der Waals surface area contributed by atoms with Gasteiger partial charge in [-0.1, -0.05) is 0 Å². The predicted octanol–water partition coefficient (Wildman–Crippen LogP) is -0.120. The van der Waals surface area contributed by atoms with Gasteiger partial charge in [0.15, 0.2) is 0 Å². The summed E-state index contributed by atoms with van der Waals surface area (Å²) in [6.45, 7) is 1.74. The van der Waals surface area contributed by atoms with Gasteiger partial charge in [0, 0.05) is 18.7 Å². The number of aromatic nitrogens is 2. The summed E-state index contributed by atoms with van der Waals surface area (Å²) in [7, 11) is 0. The van der Waals surface area contributed by atoms with Gasteiger partial charge in [-0.2, -0.15) is 0 Å². The molecule has 0 saturated carbocycles. The second kappa shape index (κ2) is 1.77. The van der Waals surface area contributed by atoms with Crippen molar-refractivity contribution >= 4 is 0 Å². The lowest BCUT2D eigenvalue weighted by atomic mass is 10.3. The van der Waals surface area contributed by atoms with Crippen molar-refractivity contribution in [1.29, 1.82) is 0 Å². The highest BCUT2D eigenvalue weighted by atomic mass is 15.0. The molecule has 9 heavy (non-hydrogen) atoms. The summed E-state index contributed by atoms with van der Waals surface area (Å²) in [5.74, 6) is 0. The smallest absolute Gasteiger partial charge is 0.116 e. The first-order valence-electron chi connectivity index (χ1n) is 2.88. The highest BCUT2D eigenvalue weighted by Gasteiger charge is 2.09. The van der Waals surface area contributed by atoms with Gasteiger partial charge in [0.05, 0.1) is 11.9 Å². The number of hydrogen-bond acceptors (Lipinski definition) is 3. The van der Waals surface area contributed by atoms with E-state index in [2.05, 4.69) is 21.5 Å². The van der Waals surface area contributed by atoms with E-state index in [9.17, 15) is 0 Å². The summed E-state index contributed by atoms with van der Waals surface area (Å²) in [6, 6.07) is 0. The minimum absolute atomic E-state index is 0.869. The van der Waals surface area contributed by atoms with Gasteiger partial charge in [0.2, 0.25) is 0 Å². The lowest BCUT2D eigenvalue weighted by Gasteiger charge is -1.88. The standard InChI is InChI=1S/C6H6N3/c1-5-2-8-4-9-6(5)3-7-1/h4,7H,1,3H2. The third-order valence-electron chi connectivity index (χ3n) is 1.41. The van der Waals surface area contributed by atoms with Crippen molar-refractivity contribution in [3.63, 3.8) is 0 Å². The number of nitrogens with zero attached hydrogens (tertiary/aromatic N) is 2. The fourth-order valence-corrected chi connectivity index (χ4v) is 0.948. The van der Waals surface area contributed by atoms with E-state index in [4.69, 9.17) is 0 Å². The van der Waals surface area contributed by atoms with Crippen molar-refractivity contribution in [2.75, 3.05) is 0 Å². The van der Waals surface area contributed by atoms with Crippen LogP contribution in [0.4, 0.5) is 0 Å². The molecule has 0 unspecified atom stereocenters. The Hall–Kier alpha value is -0.960. The van der Waals surface area contributed by atoms with Crippen molar-refractivity contribution in [1.82, 2.24) is 15.3 Å². The third kappa shape index (κ3) is 0.695. The van der Waals surface area contributed by atoms with Crippen molar-refractivity contribution < 1.29 is 0 Å². The van der Waals surface area contributed by atoms with Gasteiger partial charge in [-0.05, 0) is 0 Å². The van der Waals surface area contributed by atoms with Crippen LogP contribution in [0.1, 0.15) is 11.3 Å². The van der Waals surface area contributed by atoms with Crippen LogP contribution in [-0.2, 0) is 13.1 Å². The van der Waals surface area contributed by atoms with E-state index in [0.29, 0.717) is 0 Å². The van der Waals surface area contributed by atoms with Gasteiger partial charge >= 0.3 is 0 Å². The summed E-state index contributed by atoms with van der Waals surface area (Å²) in [4.78, 5) is 7.83. The molecular weight excluding hydrogens is 114 g/mol. The Morgan fingerprint density at radius 2 is 2.56 bits per heavy atom. The van der Waals surface area contributed by atoms with Crippen molar-refractivity contribution in [3.05, 3.63) is 23.8 Å². The van der Waals surface area contributed by atoms with Gasteiger partial charge in [-0.15, -0.1) is 0 Å². The van der Waals surface area contributed by atoms with Crippen molar-refractivity contribution in [2.24, 2.45) is 0 Å².